The number of ether oxygens (including phenoxy) is 1. The van der Waals surface area contributed by atoms with E-state index >= 15 is 0 Å². The monoisotopic (exact) mass is 466 g/mol. The molecule has 1 atom stereocenters. The van der Waals surface area contributed by atoms with Crippen LogP contribution >= 0.6 is 0 Å². The van der Waals surface area contributed by atoms with Crippen molar-refractivity contribution >= 4 is 29.6 Å². The predicted octanol–water partition coefficient (Wildman–Crippen LogP) is 0.844. The first kappa shape index (κ1) is 27.6. The summed E-state index contributed by atoms with van der Waals surface area (Å²) in [6.45, 7) is 2.57. The molecule has 33 heavy (non-hydrogen) atoms. The number of Topliss-reactive ketones (excluding diaryl/α,β-unsaturated/α-hetero) is 1. The topological polar surface area (TPSA) is 179 Å². The van der Waals surface area contributed by atoms with E-state index in [-0.39, 0.29) is 31.0 Å². The molecule has 0 spiro atoms. The molecular weight excluding hydrogens is 436 g/mol. The van der Waals surface area contributed by atoms with E-state index in [1.165, 1.54) is 12.1 Å². The van der Waals surface area contributed by atoms with Gasteiger partial charge < -0.3 is 30.7 Å². The molecule has 11 heteroatoms. The maximum absolute atomic E-state index is 12.6. The van der Waals surface area contributed by atoms with Crippen molar-refractivity contribution < 1.29 is 44.0 Å². The molecule has 1 aromatic rings. The Bertz CT molecular complexity index is 810. The van der Waals surface area contributed by atoms with Crippen LogP contribution in [0.3, 0.4) is 0 Å². The highest BCUT2D eigenvalue weighted by Gasteiger charge is 2.28. The Morgan fingerprint density at radius 2 is 1.55 bits per heavy atom. The fourth-order valence-electron chi connectivity index (χ4n) is 2.89. The molecule has 5 N–H and O–H groups in total. The van der Waals surface area contributed by atoms with E-state index in [1.54, 1.807) is 12.1 Å². The number of hydrogen-bond donors (Lipinski definition) is 5. The van der Waals surface area contributed by atoms with E-state index in [1.807, 2.05) is 0 Å². The van der Waals surface area contributed by atoms with Crippen molar-refractivity contribution in [2.45, 2.75) is 57.6 Å². The maximum atomic E-state index is 12.6. The van der Waals surface area contributed by atoms with Gasteiger partial charge in [0.15, 0.2) is 0 Å². The van der Waals surface area contributed by atoms with Gasteiger partial charge in [0.05, 0.1) is 6.04 Å². The number of carboxylic acids is 3. The summed E-state index contributed by atoms with van der Waals surface area (Å²) in [5, 5.41) is 32.2. The molecule has 0 radical (unpaired) electrons. The van der Waals surface area contributed by atoms with Crippen molar-refractivity contribution in [1.82, 2.24) is 10.6 Å². The van der Waals surface area contributed by atoms with Gasteiger partial charge in [0, 0.05) is 19.5 Å². The number of carboxylic acid groups (broad SMARTS) is 3. The third kappa shape index (κ3) is 10.6. The molecule has 0 aliphatic carbocycles. The van der Waals surface area contributed by atoms with Gasteiger partial charge in [-0.25, -0.2) is 14.4 Å². The van der Waals surface area contributed by atoms with E-state index in [4.69, 9.17) is 20.1 Å². The first-order valence-electron chi connectivity index (χ1n) is 10.6. The van der Waals surface area contributed by atoms with Crippen LogP contribution in [-0.4, -0.2) is 70.2 Å². The summed E-state index contributed by atoms with van der Waals surface area (Å²) < 4.78 is 4.96. The van der Waals surface area contributed by atoms with Gasteiger partial charge in [0.1, 0.15) is 5.75 Å². The van der Waals surface area contributed by atoms with Crippen molar-refractivity contribution in [2.24, 2.45) is 0 Å². The Labute approximate surface area is 191 Å². The summed E-state index contributed by atoms with van der Waals surface area (Å²) in [6, 6.07) is 5.16. The molecule has 0 bridgehead atoms. The van der Waals surface area contributed by atoms with Crippen LogP contribution in [0.2, 0.25) is 0 Å². The number of carbonyl (C=O) groups excluding carboxylic acids is 2. The largest absolute Gasteiger partial charge is 0.478 e. The van der Waals surface area contributed by atoms with Crippen LogP contribution in [-0.2, 0) is 30.4 Å². The zero-order valence-corrected chi connectivity index (χ0v) is 18.4. The quantitative estimate of drug-likeness (QED) is 0.125. The fourth-order valence-corrected chi connectivity index (χ4v) is 2.89. The normalized spacial score (nSPS) is 11.6. The molecule has 0 fully saturated rings. The minimum atomic E-state index is -2.05. The molecule has 1 aromatic carbocycles. The Kier molecular flexibility index (Phi) is 12.2. The van der Waals surface area contributed by atoms with Crippen molar-refractivity contribution in [2.75, 3.05) is 13.1 Å². The highest BCUT2D eigenvalue weighted by molar-refractivity contribution is 6.32. The van der Waals surface area contributed by atoms with Gasteiger partial charge in [0.2, 0.25) is 11.7 Å². The molecule has 1 amide bonds. The number of amides is 1. The van der Waals surface area contributed by atoms with Gasteiger partial charge in [-0.2, -0.15) is 0 Å². The summed E-state index contributed by atoms with van der Waals surface area (Å²) >= 11 is 0. The van der Waals surface area contributed by atoms with Gasteiger partial charge in [0.25, 0.3) is 6.10 Å². The molecular formula is C22H30N2O9. The Hall–Kier alpha value is -3.47. The fraction of sp³-hybridized carbons (Fsp3) is 0.500. The minimum Gasteiger partial charge on any atom is -0.478 e. The van der Waals surface area contributed by atoms with E-state index < -0.39 is 35.8 Å². The lowest BCUT2D eigenvalue weighted by Gasteiger charge is -2.19. The molecule has 0 heterocycles. The number of aliphatic carboxylic acids is 3. The number of nitrogens with one attached hydrogen (secondary N) is 2. The van der Waals surface area contributed by atoms with Crippen LogP contribution < -0.4 is 15.4 Å². The molecule has 1 unspecified atom stereocenters. The van der Waals surface area contributed by atoms with Gasteiger partial charge >= 0.3 is 17.9 Å². The lowest BCUT2D eigenvalue weighted by molar-refractivity contribution is -0.159. The van der Waals surface area contributed by atoms with E-state index in [2.05, 4.69) is 17.6 Å². The molecule has 182 valence electrons. The summed E-state index contributed by atoms with van der Waals surface area (Å²) in [4.78, 5) is 56.5. The minimum absolute atomic E-state index is 0.000841. The van der Waals surface area contributed by atoms with Crippen LogP contribution in [0.1, 0.15) is 44.6 Å². The number of ketones is 1. The van der Waals surface area contributed by atoms with E-state index in [0.29, 0.717) is 12.1 Å². The summed E-state index contributed by atoms with van der Waals surface area (Å²) in [5.74, 6) is -6.04. The molecule has 0 aromatic heterocycles. The molecule has 0 aliphatic heterocycles. The first-order valence-corrected chi connectivity index (χ1v) is 10.6. The number of benzene rings is 1. The predicted molar refractivity (Wildman–Crippen MR) is 116 cm³/mol. The van der Waals surface area contributed by atoms with Crippen molar-refractivity contribution in [3.05, 3.63) is 29.8 Å². The average molecular weight is 466 g/mol. The highest BCUT2D eigenvalue weighted by Crippen LogP contribution is 2.16. The Morgan fingerprint density at radius 3 is 2.09 bits per heavy atom. The van der Waals surface area contributed by atoms with E-state index in [9.17, 15) is 24.0 Å². The summed E-state index contributed by atoms with van der Waals surface area (Å²) in [6.07, 6.45) is 1.82. The zero-order valence-electron chi connectivity index (χ0n) is 18.4. The lowest BCUT2D eigenvalue weighted by atomic mass is 10.0. The third-order valence-corrected chi connectivity index (χ3v) is 4.69. The Balaban J connectivity index is 2.78. The van der Waals surface area contributed by atoms with Crippen LogP contribution in [0, 0.1) is 0 Å². The van der Waals surface area contributed by atoms with Gasteiger partial charge in [-0.1, -0.05) is 38.3 Å². The standard InChI is InChI=1S/C22H30N2O9/c1-2-3-4-5-11-24-19(26)16(23-12-10-17(25)20(27)28)13-14-6-8-15(9-7-14)33-18(21(29)30)22(31)32/h6-9,16,18,23H,2-5,10-13H2,1H3,(H,24,26)(H,27,28)(H,29,30)(H,31,32). The van der Waals surface area contributed by atoms with Crippen LogP contribution in [0.4, 0.5) is 0 Å². The zero-order chi connectivity index (χ0) is 24.8. The van der Waals surface area contributed by atoms with Gasteiger partial charge in [-0.15, -0.1) is 0 Å². The van der Waals surface area contributed by atoms with Crippen molar-refractivity contribution in [3.8, 4) is 5.75 Å². The van der Waals surface area contributed by atoms with E-state index in [0.717, 1.165) is 25.7 Å². The number of unbranched alkanes of at least 4 members (excludes halogenated alkanes) is 3. The van der Waals surface area contributed by atoms with Gasteiger partial charge in [-0.3, -0.25) is 9.59 Å². The molecule has 0 aliphatic rings. The van der Waals surface area contributed by atoms with Crippen LogP contribution in [0.15, 0.2) is 24.3 Å². The molecule has 11 nitrogen and oxygen atoms in total. The molecule has 0 saturated carbocycles. The Morgan fingerprint density at radius 1 is 0.909 bits per heavy atom. The second-order valence-electron chi connectivity index (χ2n) is 7.36. The summed E-state index contributed by atoms with van der Waals surface area (Å²) in [5.41, 5.74) is 0.660. The number of hydrogen-bond acceptors (Lipinski definition) is 7. The average Bonchev–Trinajstić information content (AvgIpc) is 2.76. The second-order valence-corrected chi connectivity index (χ2v) is 7.36. The van der Waals surface area contributed by atoms with Crippen LogP contribution in [0.25, 0.3) is 0 Å². The summed E-state index contributed by atoms with van der Waals surface area (Å²) in [7, 11) is 0. The van der Waals surface area contributed by atoms with Gasteiger partial charge in [-0.05, 0) is 30.5 Å². The highest BCUT2D eigenvalue weighted by atomic mass is 16.5. The first-order chi connectivity index (χ1) is 15.6. The SMILES string of the molecule is CCCCCCNC(=O)C(Cc1ccc(OC(C(=O)O)C(=O)O)cc1)NCCC(=O)C(=O)O. The lowest BCUT2D eigenvalue weighted by Crippen LogP contribution is -2.46. The van der Waals surface area contributed by atoms with Crippen LogP contribution in [0.5, 0.6) is 5.75 Å². The number of carbonyl (C=O) groups is 5. The van der Waals surface area contributed by atoms with Crippen molar-refractivity contribution in [3.63, 3.8) is 0 Å². The maximum Gasteiger partial charge on any atom is 0.372 e. The second kappa shape index (κ2) is 14.6. The van der Waals surface area contributed by atoms with Crippen molar-refractivity contribution in [1.29, 1.82) is 0 Å². The molecule has 0 saturated heterocycles. The molecule has 1 rings (SSSR count). The number of rotatable bonds is 17. The smallest absolute Gasteiger partial charge is 0.372 e. The third-order valence-electron chi connectivity index (χ3n) is 4.69.